The zero-order valence-electron chi connectivity index (χ0n) is 10.3. The summed E-state index contributed by atoms with van der Waals surface area (Å²) in [5, 5.41) is 4.99. The maximum absolute atomic E-state index is 12.8. The van der Waals surface area contributed by atoms with Gasteiger partial charge in [-0.1, -0.05) is 0 Å². The van der Waals surface area contributed by atoms with Crippen LogP contribution in [0, 0.1) is 0 Å². The summed E-state index contributed by atoms with van der Waals surface area (Å²) in [7, 11) is 0. The number of aromatic nitrogens is 1. The molecule has 0 saturated heterocycles. The number of pyridine rings is 1. The van der Waals surface area contributed by atoms with Crippen LogP contribution in [-0.4, -0.2) is 29.2 Å². The fraction of sp³-hybridized carbons (Fsp3) is 0.500. The summed E-state index contributed by atoms with van der Waals surface area (Å²) in [6, 6.07) is 1.40. The summed E-state index contributed by atoms with van der Waals surface area (Å²) in [5.41, 5.74) is -1.44. The molecule has 2 rings (SSSR count). The monoisotopic (exact) mass is 273 g/mol. The normalized spacial score (nSPS) is 16.8. The van der Waals surface area contributed by atoms with Crippen LogP contribution in [0.4, 0.5) is 18.9 Å². The molecule has 0 aliphatic heterocycles. The Kier molecular flexibility index (Phi) is 3.38. The van der Waals surface area contributed by atoms with Crippen LogP contribution in [0.5, 0.6) is 0 Å². The first-order valence-corrected chi connectivity index (χ1v) is 5.97. The predicted molar refractivity (Wildman–Crippen MR) is 63.9 cm³/mol. The van der Waals surface area contributed by atoms with Gasteiger partial charge in [0.05, 0.1) is 17.4 Å². The largest absolute Gasteiger partial charge is 0.411 e. The minimum Gasteiger partial charge on any atom is -0.383 e. The Hall–Kier alpha value is -1.79. The lowest BCUT2D eigenvalue weighted by Gasteiger charge is -2.21. The number of alkyl halides is 3. The molecule has 0 radical (unpaired) electrons. The molecule has 19 heavy (non-hydrogen) atoms. The Bertz CT molecular complexity index is 483. The molecule has 1 aliphatic rings. The Morgan fingerprint density at radius 1 is 1.47 bits per heavy atom. The number of rotatable bonds is 4. The molecule has 1 amide bonds. The van der Waals surface area contributed by atoms with Crippen molar-refractivity contribution >= 4 is 11.6 Å². The molecular weight excluding hydrogens is 259 g/mol. The van der Waals surface area contributed by atoms with E-state index in [9.17, 15) is 18.0 Å². The van der Waals surface area contributed by atoms with E-state index in [4.69, 9.17) is 0 Å². The van der Waals surface area contributed by atoms with E-state index in [1.165, 1.54) is 18.5 Å². The summed E-state index contributed by atoms with van der Waals surface area (Å²) in [4.78, 5) is 15.8. The van der Waals surface area contributed by atoms with Gasteiger partial charge in [0, 0.05) is 12.7 Å². The van der Waals surface area contributed by atoms with Crippen LogP contribution in [-0.2, 0) is 0 Å². The van der Waals surface area contributed by atoms with E-state index < -0.39 is 17.6 Å². The number of halogens is 3. The van der Waals surface area contributed by atoms with Crippen molar-refractivity contribution in [2.75, 3.05) is 11.9 Å². The van der Waals surface area contributed by atoms with Crippen LogP contribution in [0.1, 0.15) is 30.1 Å². The van der Waals surface area contributed by atoms with E-state index >= 15 is 0 Å². The maximum Gasteiger partial charge on any atom is 0.411 e. The molecule has 0 spiro atoms. The molecular formula is C12H14F3N3O. The van der Waals surface area contributed by atoms with E-state index in [0.717, 1.165) is 0 Å². The molecule has 1 heterocycles. The number of hydrogen-bond acceptors (Lipinski definition) is 3. The van der Waals surface area contributed by atoms with Gasteiger partial charge in [0.2, 0.25) is 0 Å². The molecule has 1 aromatic heterocycles. The first-order chi connectivity index (χ1) is 8.89. The van der Waals surface area contributed by atoms with Crippen molar-refractivity contribution in [1.29, 1.82) is 0 Å². The van der Waals surface area contributed by atoms with E-state index in [1.54, 1.807) is 0 Å². The van der Waals surface area contributed by atoms with Crippen molar-refractivity contribution in [3.8, 4) is 0 Å². The zero-order valence-corrected chi connectivity index (χ0v) is 10.3. The second-order valence-corrected chi connectivity index (χ2v) is 4.49. The van der Waals surface area contributed by atoms with Gasteiger partial charge >= 0.3 is 6.18 Å². The fourth-order valence-electron chi connectivity index (χ4n) is 1.81. The second-order valence-electron chi connectivity index (χ2n) is 4.49. The average molecular weight is 273 g/mol. The quantitative estimate of drug-likeness (QED) is 0.885. The fourth-order valence-corrected chi connectivity index (χ4v) is 1.81. The summed E-state index contributed by atoms with van der Waals surface area (Å²) < 4.78 is 38.3. The van der Waals surface area contributed by atoms with Gasteiger partial charge < -0.3 is 10.6 Å². The van der Waals surface area contributed by atoms with Gasteiger partial charge in [0.1, 0.15) is 5.54 Å². The lowest BCUT2D eigenvalue weighted by Crippen LogP contribution is -2.48. The lowest BCUT2D eigenvalue weighted by atomic mass is 10.1. The van der Waals surface area contributed by atoms with Crippen molar-refractivity contribution in [2.45, 2.75) is 31.5 Å². The summed E-state index contributed by atoms with van der Waals surface area (Å²) >= 11 is 0. The SMILES string of the molecule is CCNc1cnccc1C(=O)NC1(C(F)(F)F)CC1. The van der Waals surface area contributed by atoms with Gasteiger partial charge in [0.25, 0.3) is 5.91 Å². The molecule has 4 nitrogen and oxygen atoms in total. The summed E-state index contributed by atoms with van der Waals surface area (Å²) in [5.74, 6) is -0.729. The van der Waals surface area contributed by atoms with Gasteiger partial charge in [-0.3, -0.25) is 9.78 Å². The summed E-state index contributed by atoms with van der Waals surface area (Å²) in [6.07, 6.45) is -1.74. The van der Waals surface area contributed by atoms with Crippen molar-refractivity contribution in [3.05, 3.63) is 24.0 Å². The van der Waals surface area contributed by atoms with Crippen LogP contribution in [0.15, 0.2) is 18.5 Å². The van der Waals surface area contributed by atoms with Gasteiger partial charge in [-0.25, -0.2) is 0 Å². The zero-order chi connectivity index (χ0) is 14.1. The lowest BCUT2D eigenvalue weighted by molar-refractivity contribution is -0.163. The third-order valence-electron chi connectivity index (χ3n) is 3.08. The highest BCUT2D eigenvalue weighted by molar-refractivity contribution is 6.00. The van der Waals surface area contributed by atoms with Crippen LogP contribution in [0.25, 0.3) is 0 Å². The maximum atomic E-state index is 12.8. The first kappa shape index (κ1) is 13.6. The third kappa shape index (κ3) is 2.64. The molecule has 1 aromatic rings. The molecule has 7 heteroatoms. The van der Waals surface area contributed by atoms with E-state index in [1.807, 2.05) is 6.92 Å². The highest BCUT2D eigenvalue weighted by Gasteiger charge is 2.64. The second kappa shape index (κ2) is 4.71. The molecule has 0 bridgehead atoms. The van der Waals surface area contributed by atoms with Gasteiger partial charge in [-0.15, -0.1) is 0 Å². The minimum atomic E-state index is -4.41. The summed E-state index contributed by atoms with van der Waals surface area (Å²) in [6.45, 7) is 2.38. The van der Waals surface area contributed by atoms with Crippen LogP contribution >= 0.6 is 0 Å². The molecule has 0 unspecified atom stereocenters. The molecule has 1 saturated carbocycles. The molecule has 0 aromatic carbocycles. The van der Waals surface area contributed by atoms with Crippen molar-refractivity contribution < 1.29 is 18.0 Å². The first-order valence-electron chi connectivity index (χ1n) is 5.97. The van der Waals surface area contributed by atoms with Crippen molar-refractivity contribution in [3.63, 3.8) is 0 Å². The molecule has 2 N–H and O–H groups in total. The molecule has 104 valence electrons. The van der Waals surface area contributed by atoms with E-state index in [0.29, 0.717) is 12.2 Å². The van der Waals surface area contributed by atoms with Crippen molar-refractivity contribution in [2.24, 2.45) is 0 Å². The van der Waals surface area contributed by atoms with Gasteiger partial charge in [-0.2, -0.15) is 13.2 Å². The third-order valence-corrected chi connectivity index (χ3v) is 3.08. The van der Waals surface area contributed by atoms with E-state index in [2.05, 4.69) is 15.6 Å². The number of hydrogen-bond donors (Lipinski definition) is 2. The number of nitrogens with one attached hydrogen (secondary N) is 2. The highest BCUT2D eigenvalue weighted by Crippen LogP contribution is 2.49. The Balaban J connectivity index is 2.17. The molecule has 1 aliphatic carbocycles. The highest BCUT2D eigenvalue weighted by atomic mass is 19.4. The number of anilines is 1. The molecule has 0 atom stereocenters. The number of carbonyl (C=O) groups excluding carboxylic acids is 1. The predicted octanol–water partition coefficient (Wildman–Crippen LogP) is 2.34. The molecule has 1 fully saturated rings. The Morgan fingerprint density at radius 2 is 2.16 bits per heavy atom. The van der Waals surface area contributed by atoms with Crippen LogP contribution in [0.2, 0.25) is 0 Å². The van der Waals surface area contributed by atoms with Gasteiger partial charge in [0.15, 0.2) is 0 Å². The standard InChI is InChI=1S/C12H14F3N3O/c1-2-17-9-7-16-6-3-8(9)10(19)18-11(4-5-11)12(13,14)15/h3,6-7,17H,2,4-5H2,1H3,(H,18,19). The number of carbonyl (C=O) groups is 1. The average Bonchev–Trinajstić information content (AvgIpc) is 3.10. The minimum absolute atomic E-state index is 0.0656. The topological polar surface area (TPSA) is 54.0 Å². The van der Waals surface area contributed by atoms with E-state index in [-0.39, 0.29) is 18.4 Å². The Labute approximate surface area is 108 Å². The number of amides is 1. The van der Waals surface area contributed by atoms with Gasteiger partial charge in [-0.05, 0) is 25.8 Å². The smallest absolute Gasteiger partial charge is 0.383 e. The Morgan fingerprint density at radius 3 is 2.68 bits per heavy atom. The van der Waals surface area contributed by atoms with Crippen LogP contribution in [0.3, 0.4) is 0 Å². The van der Waals surface area contributed by atoms with Crippen molar-refractivity contribution in [1.82, 2.24) is 10.3 Å². The van der Waals surface area contributed by atoms with Crippen LogP contribution < -0.4 is 10.6 Å². The number of nitrogens with zero attached hydrogens (tertiary/aromatic N) is 1.